The molecule has 21 heavy (non-hydrogen) atoms. The predicted molar refractivity (Wildman–Crippen MR) is 73.7 cm³/mol. The molecule has 1 aliphatic heterocycles. The summed E-state index contributed by atoms with van der Waals surface area (Å²) in [6.45, 7) is 1.55. The van der Waals surface area contributed by atoms with E-state index in [2.05, 4.69) is 10.6 Å². The van der Waals surface area contributed by atoms with E-state index in [1.807, 2.05) is 0 Å². The fourth-order valence-corrected chi connectivity index (χ4v) is 2.23. The monoisotopic (exact) mass is 292 g/mol. The number of benzene rings is 1. The Hall–Kier alpha value is -2.25. The molecule has 1 aromatic carbocycles. The lowest BCUT2D eigenvalue weighted by molar-refractivity contribution is -0.119. The van der Waals surface area contributed by atoms with Crippen LogP contribution in [0.3, 0.4) is 0 Å². The molecule has 0 spiro atoms. The van der Waals surface area contributed by atoms with Crippen molar-refractivity contribution < 1.29 is 24.6 Å². The van der Waals surface area contributed by atoms with Gasteiger partial charge < -0.3 is 20.8 Å². The Kier molecular flexibility index (Phi) is 4.35. The van der Waals surface area contributed by atoms with Crippen LogP contribution in [0.4, 0.5) is 5.69 Å². The molecule has 4 N–H and O–H groups in total. The van der Waals surface area contributed by atoms with Crippen LogP contribution >= 0.6 is 0 Å². The second kappa shape index (κ2) is 6.02. The van der Waals surface area contributed by atoms with Crippen LogP contribution in [0.2, 0.25) is 0 Å². The number of hydrogen-bond acceptors (Lipinski definition) is 5. The number of fused-ring (bicyclic) bond motifs is 1. The average Bonchev–Trinajstić information content (AvgIpc) is 2.73. The van der Waals surface area contributed by atoms with Crippen LogP contribution in [0.1, 0.15) is 35.4 Å². The Labute approximate surface area is 121 Å². The number of rotatable bonds is 5. The van der Waals surface area contributed by atoms with Crippen LogP contribution in [-0.2, 0) is 9.59 Å². The molecule has 2 atom stereocenters. The summed E-state index contributed by atoms with van der Waals surface area (Å²) in [7, 11) is 0. The zero-order valence-electron chi connectivity index (χ0n) is 11.4. The molecule has 0 bridgehead atoms. The van der Waals surface area contributed by atoms with Crippen molar-refractivity contribution in [3.05, 3.63) is 29.3 Å². The second-order valence-corrected chi connectivity index (χ2v) is 4.84. The van der Waals surface area contributed by atoms with Crippen LogP contribution < -0.4 is 10.6 Å². The molecule has 0 saturated carbocycles. The Morgan fingerprint density at radius 1 is 1.33 bits per heavy atom. The fraction of sp³-hybridized carbons (Fsp3) is 0.357. The van der Waals surface area contributed by atoms with Gasteiger partial charge in [-0.05, 0) is 18.1 Å². The van der Waals surface area contributed by atoms with Crippen molar-refractivity contribution in [1.29, 1.82) is 0 Å². The lowest BCUT2D eigenvalue weighted by atomic mass is 9.95. The molecular weight excluding hydrogens is 276 g/mol. The summed E-state index contributed by atoms with van der Waals surface area (Å²) in [5.74, 6) is -1.71. The molecule has 7 heteroatoms. The van der Waals surface area contributed by atoms with Crippen molar-refractivity contribution in [3.63, 3.8) is 0 Å². The van der Waals surface area contributed by atoms with E-state index < -0.39 is 23.9 Å². The summed E-state index contributed by atoms with van der Waals surface area (Å²) in [6, 6.07) is 4.62. The average molecular weight is 292 g/mol. The largest absolute Gasteiger partial charge is 0.390 e. The van der Waals surface area contributed by atoms with Crippen molar-refractivity contribution in [2.45, 2.75) is 25.6 Å². The minimum absolute atomic E-state index is 0.0913. The molecular formula is C14H16N2O5. The van der Waals surface area contributed by atoms with E-state index >= 15 is 0 Å². The number of aliphatic hydroxyl groups is 2. The van der Waals surface area contributed by atoms with Gasteiger partial charge in [-0.15, -0.1) is 0 Å². The van der Waals surface area contributed by atoms with Crippen LogP contribution in [0.25, 0.3) is 0 Å². The number of amides is 2. The Balaban J connectivity index is 2.15. The van der Waals surface area contributed by atoms with Crippen molar-refractivity contribution in [1.82, 2.24) is 5.32 Å². The van der Waals surface area contributed by atoms with Crippen molar-refractivity contribution in [3.8, 4) is 0 Å². The summed E-state index contributed by atoms with van der Waals surface area (Å²) < 4.78 is 0. The highest BCUT2D eigenvalue weighted by molar-refractivity contribution is 6.52. The first-order chi connectivity index (χ1) is 9.91. The van der Waals surface area contributed by atoms with E-state index in [-0.39, 0.29) is 30.0 Å². The molecule has 1 heterocycles. The maximum absolute atomic E-state index is 11.8. The van der Waals surface area contributed by atoms with Gasteiger partial charge in [0.15, 0.2) is 0 Å². The maximum atomic E-state index is 11.8. The van der Waals surface area contributed by atoms with Gasteiger partial charge in [0.25, 0.3) is 11.7 Å². The molecule has 0 saturated heterocycles. The van der Waals surface area contributed by atoms with Gasteiger partial charge in [-0.2, -0.15) is 0 Å². The number of Topliss-reactive ketones (excluding diaryl/α,β-unsaturated/α-hetero) is 1. The number of carbonyl (C=O) groups excluding carboxylic acids is 3. The highest BCUT2D eigenvalue weighted by atomic mass is 16.3. The lowest BCUT2D eigenvalue weighted by Gasteiger charge is -2.19. The number of aliphatic hydroxyl groups excluding tert-OH is 2. The number of hydrogen-bond donors (Lipinski definition) is 4. The molecule has 0 radical (unpaired) electrons. The third kappa shape index (κ3) is 3.09. The Bertz CT molecular complexity index is 599. The van der Waals surface area contributed by atoms with Gasteiger partial charge in [0, 0.05) is 13.5 Å². The molecule has 1 aliphatic rings. The minimum Gasteiger partial charge on any atom is -0.390 e. The topological polar surface area (TPSA) is 116 Å². The number of anilines is 1. The molecule has 0 fully saturated rings. The van der Waals surface area contributed by atoms with Gasteiger partial charge in [-0.3, -0.25) is 14.4 Å². The summed E-state index contributed by atoms with van der Waals surface area (Å²) in [5, 5.41) is 25.0. The first-order valence-electron chi connectivity index (χ1n) is 6.51. The highest BCUT2D eigenvalue weighted by Crippen LogP contribution is 2.31. The van der Waals surface area contributed by atoms with Gasteiger partial charge in [-0.1, -0.05) is 12.1 Å². The first kappa shape index (κ1) is 15.1. The molecule has 112 valence electrons. The van der Waals surface area contributed by atoms with Gasteiger partial charge in [0.2, 0.25) is 5.91 Å². The molecule has 2 unspecified atom stereocenters. The Morgan fingerprint density at radius 3 is 2.71 bits per heavy atom. The van der Waals surface area contributed by atoms with Crippen LogP contribution in [-0.4, -0.2) is 40.5 Å². The fourth-order valence-electron chi connectivity index (χ4n) is 2.23. The summed E-state index contributed by atoms with van der Waals surface area (Å²) in [4.78, 5) is 33.9. The SMILES string of the molecule is CC(=O)NCCC(O)C(O)c1cccc2c1C(=O)C(=O)N2. The van der Waals surface area contributed by atoms with Gasteiger partial charge in [0.05, 0.1) is 17.4 Å². The molecule has 7 nitrogen and oxygen atoms in total. The minimum atomic E-state index is -1.31. The molecule has 2 amide bonds. The Morgan fingerprint density at radius 2 is 2.05 bits per heavy atom. The predicted octanol–water partition coefficient (Wildman–Crippen LogP) is -0.258. The van der Waals surface area contributed by atoms with E-state index in [1.54, 1.807) is 12.1 Å². The van der Waals surface area contributed by atoms with Crippen LogP contribution in [0.5, 0.6) is 0 Å². The first-order valence-corrected chi connectivity index (χ1v) is 6.51. The zero-order chi connectivity index (χ0) is 15.6. The number of nitrogens with one attached hydrogen (secondary N) is 2. The second-order valence-electron chi connectivity index (χ2n) is 4.84. The molecule has 1 aromatic rings. The smallest absolute Gasteiger partial charge is 0.296 e. The maximum Gasteiger partial charge on any atom is 0.296 e. The normalized spacial score (nSPS) is 16.1. The molecule has 0 aromatic heterocycles. The van der Waals surface area contributed by atoms with Gasteiger partial charge in [-0.25, -0.2) is 0 Å². The van der Waals surface area contributed by atoms with E-state index in [4.69, 9.17) is 0 Å². The summed E-state index contributed by atoms with van der Waals surface area (Å²) in [5.41, 5.74) is 0.621. The highest BCUT2D eigenvalue weighted by Gasteiger charge is 2.33. The number of ketones is 1. The van der Waals surface area contributed by atoms with Crippen molar-refractivity contribution >= 4 is 23.3 Å². The molecule has 0 aliphatic carbocycles. The van der Waals surface area contributed by atoms with Crippen LogP contribution in [0, 0.1) is 0 Å². The third-order valence-electron chi connectivity index (χ3n) is 3.28. The van der Waals surface area contributed by atoms with E-state index in [0.717, 1.165) is 0 Å². The van der Waals surface area contributed by atoms with Crippen LogP contribution in [0.15, 0.2) is 18.2 Å². The zero-order valence-corrected chi connectivity index (χ0v) is 11.4. The van der Waals surface area contributed by atoms with E-state index in [1.165, 1.54) is 13.0 Å². The standard InChI is InChI=1S/C14H16N2O5/c1-7(17)15-6-5-10(18)12(19)8-3-2-4-9-11(8)13(20)14(21)16-9/h2-4,10,12,18-19H,5-6H2,1H3,(H,15,17)(H,16,20,21). The summed E-state index contributed by atoms with van der Waals surface area (Å²) in [6.07, 6.45) is -2.35. The molecule has 2 rings (SSSR count). The van der Waals surface area contributed by atoms with Crippen molar-refractivity contribution in [2.75, 3.05) is 11.9 Å². The van der Waals surface area contributed by atoms with E-state index in [9.17, 15) is 24.6 Å². The lowest BCUT2D eigenvalue weighted by Crippen LogP contribution is -2.28. The third-order valence-corrected chi connectivity index (χ3v) is 3.28. The van der Waals surface area contributed by atoms with Gasteiger partial charge in [0.1, 0.15) is 6.10 Å². The summed E-state index contributed by atoms with van der Waals surface area (Å²) >= 11 is 0. The van der Waals surface area contributed by atoms with Crippen molar-refractivity contribution in [2.24, 2.45) is 0 Å². The quantitative estimate of drug-likeness (QED) is 0.558. The van der Waals surface area contributed by atoms with E-state index in [0.29, 0.717) is 5.69 Å². The van der Waals surface area contributed by atoms with Gasteiger partial charge >= 0.3 is 0 Å². The number of carbonyl (C=O) groups is 3.